The number of aryl methyl sites for hydroxylation is 2. The first kappa shape index (κ1) is 11.3. The summed E-state index contributed by atoms with van der Waals surface area (Å²) in [7, 11) is 0. The summed E-state index contributed by atoms with van der Waals surface area (Å²) >= 11 is 6.02. The molecule has 0 saturated heterocycles. The molecule has 0 spiro atoms. The second-order valence-corrected chi connectivity index (χ2v) is 4.92. The second kappa shape index (κ2) is 4.14. The van der Waals surface area contributed by atoms with E-state index in [1.165, 1.54) is 6.20 Å². The Labute approximate surface area is 111 Å². The van der Waals surface area contributed by atoms with Gasteiger partial charge in [0.2, 0.25) is 5.69 Å². The number of pyridine rings is 1. The molecule has 0 aliphatic heterocycles. The van der Waals surface area contributed by atoms with Crippen LogP contribution in [0.3, 0.4) is 0 Å². The minimum absolute atomic E-state index is 0.679. The maximum atomic E-state index is 11.9. The Morgan fingerprint density at radius 2 is 1.94 bits per heavy atom. The minimum atomic E-state index is 0.679. The van der Waals surface area contributed by atoms with Gasteiger partial charge in [0.25, 0.3) is 0 Å². The topological polar surface area (TPSA) is 26.9 Å². The molecule has 2 aromatic rings. The average molecular weight is 258 g/mol. The molecule has 0 atom stereocenters. The van der Waals surface area contributed by atoms with Gasteiger partial charge in [-0.1, -0.05) is 24.2 Å². The Morgan fingerprint density at radius 1 is 1.17 bits per heavy atom. The summed E-state index contributed by atoms with van der Waals surface area (Å²) in [6.45, 7) is 4.08. The number of hydrogen-bond donors (Lipinski definition) is 0. The molecule has 0 fully saturated rings. The molecule has 90 valence electrons. The SMILES string of the molecule is C=C1c2ccc(Cl)cc2CCc2ccc[n+]([O-])c21. The average Bonchev–Trinajstić information content (AvgIpc) is 2.48. The molecular formula is C15H12ClNO. The van der Waals surface area contributed by atoms with E-state index in [-0.39, 0.29) is 0 Å². The van der Waals surface area contributed by atoms with Crippen molar-refractivity contribution < 1.29 is 4.73 Å². The number of fused-ring (bicyclic) bond motifs is 2. The highest BCUT2D eigenvalue weighted by Crippen LogP contribution is 2.31. The molecular weight excluding hydrogens is 246 g/mol. The molecule has 0 N–H and O–H groups in total. The predicted molar refractivity (Wildman–Crippen MR) is 72.4 cm³/mol. The highest BCUT2D eigenvalue weighted by Gasteiger charge is 2.23. The molecule has 0 amide bonds. The van der Waals surface area contributed by atoms with Crippen LogP contribution in [0.4, 0.5) is 0 Å². The summed E-state index contributed by atoms with van der Waals surface area (Å²) in [6.07, 6.45) is 3.24. The van der Waals surface area contributed by atoms with Gasteiger partial charge in [-0.05, 0) is 42.2 Å². The van der Waals surface area contributed by atoms with Crippen LogP contribution in [0.1, 0.15) is 22.4 Å². The van der Waals surface area contributed by atoms with Crippen LogP contribution in [0.15, 0.2) is 43.1 Å². The summed E-state index contributed by atoms with van der Waals surface area (Å²) in [6, 6.07) is 9.52. The summed E-state index contributed by atoms with van der Waals surface area (Å²) < 4.78 is 0.904. The molecule has 1 heterocycles. The second-order valence-electron chi connectivity index (χ2n) is 4.49. The molecule has 0 radical (unpaired) electrons. The summed E-state index contributed by atoms with van der Waals surface area (Å²) in [5, 5.41) is 12.7. The van der Waals surface area contributed by atoms with E-state index < -0.39 is 0 Å². The molecule has 1 aromatic carbocycles. The van der Waals surface area contributed by atoms with Crippen LogP contribution >= 0.6 is 11.6 Å². The zero-order valence-corrected chi connectivity index (χ0v) is 10.6. The van der Waals surface area contributed by atoms with Gasteiger partial charge in [-0.15, -0.1) is 0 Å². The quantitative estimate of drug-likeness (QED) is 0.526. The van der Waals surface area contributed by atoms with Gasteiger partial charge in [0.05, 0.1) is 0 Å². The van der Waals surface area contributed by atoms with E-state index in [0.29, 0.717) is 5.69 Å². The van der Waals surface area contributed by atoms with Crippen molar-refractivity contribution in [3.63, 3.8) is 0 Å². The van der Waals surface area contributed by atoms with Crippen molar-refractivity contribution in [2.45, 2.75) is 12.8 Å². The van der Waals surface area contributed by atoms with E-state index in [0.717, 1.165) is 44.9 Å². The third-order valence-corrected chi connectivity index (χ3v) is 3.62. The molecule has 2 nitrogen and oxygen atoms in total. The van der Waals surface area contributed by atoms with Gasteiger partial charge >= 0.3 is 0 Å². The highest BCUT2D eigenvalue weighted by atomic mass is 35.5. The Kier molecular flexibility index (Phi) is 2.60. The number of aromatic nitrogens is 1. The monoisotopic (exact) mass is 257 g/mol. The Morgan fingerprint density at radius 3 is 2.78 bits per heavy atom. The van der Waals surface area contributed by atoms with Gasteiger partial charge in [-0.25, -0.2) is 0 Å². The Balaban J connectivity index is 2.24. The predicted octanol–water partition coefficient (Wildman–Crippen LogP) is 3.13. The zero-order valence-electron chi connectivity index (χ0n) is 9.82. The normalized spacial score (nSPS) is 13.7. The van der Waals surface area contributed by atoms with E-state index in [1.807, 2.05) is 24.3 Å². The first-order chi connectivity index (χ1) is 8.66. The number of benzene rings is 1. The van der Waals surface area contributed by atoms with Gasteiger partial charge in [-0.2, -0.15) is 4.73 Å². The van der Waals surface area contributed by atoms with Crippen LogP contribution in [0.2, 0.25) is 5.02 Å². The van der Waals surface area contributed by atoms with Crippen LogP contribution in [-0.4, -0.2) is 0 Å². The minimum Gasteiger partial charge on any atom is -0.618 e. The van der Waals surface area contributed by atoms with Crippen molar-refractivity contribution in [2.75, 3.05) is 0 Å². The summed E-state index contributed by atoms with van der Waals surface area (Å²) in [5.74, 6) is 0. The van der Waals surface area contributed by atoms with E-state index in [4.69, 9.17) is 11.6 Å². The first-order valence-corrected chi connectivity index (χ1v) is 6.24. The van der Waals surface area contributed by atoms with E-state index in [1.54, 1.807) is 6.07 Å². The molecule has 18 heavy (non-hydrogen) atoms. The standard InChI is InChI=1S/C15H12ClNO/c1-10-14-7-6-13(16)9-12(14)5-4-11-3-2-8-17(18)15(10)11/h2-3,6-9H,1,4-5H2. The first-order valence-electron chi connectivity index (χ1n) is 5.86. The number of halogens is 1. The lowest BCUT2D eigenvalue weighted by Crippen LogP contribution is -2.31. The zero-order chi connectivity index (χ0) is 12.7. The molecule has 3 rings (SSSR count). The molecule has 0 bridgehead atoms. The van der Waals surface area contributed by atoms with Crippen LogP contribution < -0.4 is 4.73 Å². The molecule has 3 heteroatoms. The molecule has 1 aromatic heterocycles. The van der Waals surface area contributed by atoms with Gasteiger partial charge in [-0.3, -0.25) is 0 Å². The fourth-order valence-electron chi connectivity index (χ4n) is 2.52. The third-order valence-electron chi connectivity index (χ3n) is 3.39. The molecule has 1 aliphatic carbocycles. The third kappa shape index (κ3) is 1.70. The van der Waals surface area contributed by atoms with Crippen molar-refractivity contribution >= 4 is 17.2 Å². The molecule has 0 saturated carbocycles. The molecule has 0 unspecified atom stereocenters. The number of nitrogens with zero attached hydrogens (tertiary/aromatic N) is 1. The summed E-state index contributed by atoms with van der Waals surface area (Å²) in [5.41, 5.74) is 4.69. The van der Waals surface area contributed by atoms with Gasteiger partial charge in [0.15, 0.2) is 6.20 Å². The maximum Gasteiger partial charge on any atom is 0.226 e. The van der Waals surface area contributed by atoms with Crippen molar-refractivity contribution in [1.29, 1.82) is 0 Å². The van der Waals surface area contributed by atoms with Gasteiger partial charge < -0.3 is 5.21 Å². The highest BCUT2D eigenvalue weighted by molar-refractivity contribution is 6.30. The lowest BCUT2D eigenvalue weighted by atomic mass is 9.99. The number of hydrogen-bond acceptors (Lipinski definition) is 1. The lowest BCUT2D eigenvalue weighted by Gasteiger charge is -2.09. The largest absolute Gasteiger partial charge is 0.618 e. The van der Waals surface area contributed by atoms with E-state index >= 15 is 0 Å². The fourth-order valence-corrected chi connectivity index (χ4v) is 2.72. The fraction of sp³-hybridized carbons (Fsp3) is 0.133. The lowest BCUT2D eigenvalue weighted by molar-refractivity contribution is -0.608. The van der Waals surface area contributed by atoms with Crippen LogP contribution in [-0.2, 0) is 12.8 Å². The van der Waals surface area contributed by atoms with Crippen LogP contribution in [0.25, 0.3) is 5.57 Å². The van der Waals surface area contributed by atoms with Crippen molar-refractivity contribution in [1.82, 2.24) is 0 Å². The van der Waals surface area contributed by atoms with Crippen molar-refractivity contribution in [3.05, 3.63) is 75.7 Å². The van der Waals surface area contributed by atoms with Crippen LogP contribution in [0, 0.1) is 5.21 Å². The smallest absolute Gasteiger partial charge is 0.226 e. The van der Waals surface area contributed by atoms with E-state index in [9.17, 15) is 5.21 Å². The molecule has 1 aliphatic rings. The Hall–Kier alpha value is -1.80. The maximum absolute atomic E-state index is 11.9. The van der Waals surface area contributed by atoms with Crippen molar-refractivity contribution in [3.8, 4) is 0 Å². The van der Waals surface area contributed by atoms with Crippen LogP contribution in [0.5, 0.6) is 0 Å². The van der Waals surface area contributed by atoms with Gasteiger partial charge in [0, 0.05) is 22.2 Å². The summed E-state index contributed by atoms with van der Waals surface area (Å²) in [4.78, 5) is 0. The van der Waals surface area contributed by atoms with Gasteiger partial charge in [0.1, 0.15) is 0 Å². The van der Waals surface area contributed by atoms with Crippen molar-refractivity contribution in [2.24, 2.45) is 0 Å². The Bertz CT molecular complexity index is 649. The van der Waals surface area contributed by atoms with E-state index in [2.05, 4.69) is 6.58 Å². The number of rotatable bonds is 0.